The van der Waals surface area contributed by atoms with Crippen LogP contribution in [-0.2, 0) is 21.4 Å². The van der Waals surface area contributed by atoms with Crippen LogP contribution < -0.4 is 0 Å². The predicted molar refractivity (Wildman–Crippen MR) is 85.3 cm³/mol. The van der Waals surface area contributed by atoms with Crippen molar-refractivity contribution < 1.29 is 31.5 Å². The Labute approximate surface area is 147 Å². The number of carboxylic acids is 1. The number of carboxylic acid groups (broad SMARTS) is 1. The van der Waals surface area contributed by atoms with E-state index >= 15 is 0 Å². The Morgan fingerprint density at radius 1 is 1.12 bits per heavy atom. The second-order valence-corrected chi connectivity index (χ2v) is 7.89. The van der Waals surface area contributed by atoms with Gasteiger partial charge in [-0.15, -0.1) is 0 Å². The molecular weight excluding hydrogens is 371 g/mol. The third-order valence-corrected chi connectivity index (χ3v) is 6.14. The van der Waals surface area contributed by atoms with Gasteiger partial charge in [0.2, 0.25) is 10.0 Å². The van der Waals surface area contributed by atoms with E-state index in [1.54, 1.807) is 6.07 Å². The Morgan fingerprint density at radius 2 is 1.77 bits per heavy atom. The zero-order valence-electron chi connectivity index (χ0n) is 13.3. The summed E-state index contributed by atoms with van der Waals surface area (Å²) in [6.45, 7) is -0.736. The molecule has 1 unspecified atom stereocenters. The van der Waals surface area contributed by atoms with E-state index in [1.165, 1.54) is 18.2 Å². The summed E-state index contributed by atoms with van der Waals surface area (Å²) in [5, 5.41) is 9.09. The molecule has 3 rings (SSSR count). The van der Waals surface area contributed by atoms with E-state index in [0.29, 0.717) is 17.7 Å². The van der Waals surface area contributed by atoms with E-state index in [4.69, 9.17) is 5.11 Å². The van der Waals surface area contributed by atoms with E-state index in [1.807, 2.05) is 0 Å². The maximum Gasteiger partial charge on any atom is 0.304 e. The predicted octanol–water partition coefficient (Wildman–Crippen LogP) is 2.87. The summed E-state index contributed by atoms with van der Waals surface area (Å²) < 4.78 is 66.9. The van der Waals surface area contributed by atoms with Crippen molar-refractivity contribution in [2.75, 3.05) is 6.54 Å². The molecule has 1 aliphatic rings. The molecule has 0 saturated carbocycles. The maximum atomic E-state index is 13.9. The van der Waals surface area contributed by atoms with Gasteiger partial charge in [0.25, 0.3) is 0 Å². The van der Waals surface area contributed by atoms with Gasteiger partial charge in [-0.05, 0) is 17.7 Å². The van der Waals surface area contributed by atoms with Crippen LogP contribution in [0.15, 0.2) is 41.3 Å². The summed E-state index contributed by atoms with van der Waals surface area (Å²) in [7, 11) is -4.03. The lowest BCUT2D eigenvalue weighted by Gasteiger charge is -2.33. The van der Waals surface area contributed by atoms with Gasteiger partial charge in [0, 0.05) is 30.6 Å². The molecule has 0 saturated heterocycles. The Hall–Kier alpha value is -2.39. The molecule has 138 valence electrons. The Balaban J connectivity index is 2.03. The highest BCUT2D eigenvalue weighted by atomic mass is 32.2. The lowest BCUT2D eigenvalue weighted by molar-refractivity contribution is -0.137. The number of hydrogen-bond acceptors (Lipinski definition) is 3. The zero-order chi connectivity index (χ0) is 19.1. The van der Waals surface area contributed by atoms with Crippen molar-refractivity contribution in [2.24, 2.45) is 0 Å². The van der Waals surface area contributed by atoms with Crippen LogP contribution in [0.1, 0.15) is 23.5 Å². The fraction of sp³-hybridized carbons (Fsp3) is 0.235. The summed E-state index contributed by atoms with van der Waals surface area (Å²) in [6, 6.07) is 6.93. The molecule has 0 radical (unpaired) electrons. The monoisotopic (exact) mass is 385 g/mol. The molecular formula is C17H14F3NO4S. The minimum Gasteiger partial charge on any atom is -0.481 e. The minimum absolute atomic E-state index is 0.0690. The maximum absolute atomic E-state index is 13.9. The van der Waals surface area contributed by atoms with Gasteiger partial charge in [-0.2, -0.15) is 4.31 Å². The zero-order valence-corrected chi connectivity index (χ0v) is 14.1. The first-order valence-electron chi connectivity index (χ1n) is 7.64. The van der Waals surface area contributed by atoms with Gasteiger partial charge in [0.05, 0.1) is 11.3 Å². The van der Waals surface area contributed by atoms with E-state index in [9.17, 15) is 26.4 Å². The first kappa shape index (κ1) is 18.4. The standard InChI is InChI=1S/C17H14F3NO4S/c18-13-7-15(20)14(19)5-11(13)9-21-8-10(6-17(22)23)12-3-1-2-4-16(12)26(21,24)25/h1-5,7,10H,6,8-9H2,(H,22,23). The van der Waals surface area contributed by atoms with Crippen molar-refractivity contribution in [1.82, 2.24) is 4.31 Å². The van der Waals surface area contributed by atoms with Crippen LogP contribution in [0, 0.1) is 17.5 Å². The molecule has 0 fully saturated rings. The normalized spacial score (nSPS) is 19.1. The van der Waals surface area contributed by atoms with Crippen LogP contribution in [0.25, 0.3) is 0 Å². The number of carbonyl (C=O) groups is 1. The number of nitrogens with zero attached hydrogens (tertiary/aromatic N) is 1. The van der Waals surface area contributed by atoms with E-state index in [2.05, 4.69) is 0 Å². The Bertz CT molecular complexity index is 978. The molecule has 2 aromatic carbocycles. The molecule has 0 aromatic heterocycles. The average molecular weight is 385 g/mol. The highest BCUT2D eigenvalue weighted by Crippen LogP contribution is 2.36. The van der Waals surface area contributed by atoms with Crippen molar-refractivity contribution in [2.45, 2.75) is 23.8 Å². The molecule has 9 heteroatoms. The summed E-state index contributed by atoms with van der Waals surface area (Å²) in [5.41, 5.74) is 0.0397. The van der Waals surface area contributed by atoms with E-state index < -0.39 is 45.9 Å². The lowest BCUT2D eigenvalue weighted by atomic mass is 9.95. The summed E-state index contributed by atoms with van der Waals surface area (Å²) in [5.74, 6) is -5.49. The fourth-order valence-corrected chi connectivity index (χ4v) is 4.79. The molecule has 0 aliphatic carbocycles. The number of hydrogen-bond donors (Lipinski definition) is 1. The van der Waals surface area contributed by atoms with Gasteiger partial charge in [-0.3, -0.25) is 4.79 Å². The van der Waals surface area contributed by atoms with Gasteiger partial charge in [0.15, 0.2) is 11.6 Å². The summed E-state index contributed by atoms with van der Waals surface area (Å²) in [6.07, 6.45) is -0.316. The van der Waals surface area contributed by atoms with Gasteiger partial charge in [-0.25, -0.2) is 21.6 Å². The molecule has 0 spiro atoms. The van der Waals surface area contributed by atoms with Crippen molar-refractivity contribution >= 4 is 16.0 Å². The third kappa shape index (κ3) is 3.32. The lowest BCUT2D eigenvalue weighted by Crippen LogP contribution is -2.40. The number of halogens is 3. The first-order valence-corrected chi connectivity index (χ1v) is 9.08. The number of aliphatic carboxylic acids is 1. The van der Waals surface area contributed by atoms with Crippen LogP contribution in [0.5, 0.6) is 0 Å². The second kappa shape index (κ2) is 6.73. The molecule has 5 nitrogen and oxygen atoms in total. The van der Waals surface area contributed by atoms with Crippen LogP contribution in [0.3, 0.4) is 0 Å². The molecule has 1 aliphatic heterocycles. The average Bonchev–Trinajstić information content (AvgIpc) is 2.56. The van der Waals surface area contributed by atoms with Crippen LogP contribution in [-0.4, -0.2) is 30.3 Å². The van der Waals surface area contributed by atoms with Crippen molar-refractivity contribution in [1.29, 1.82) is 0 Å². The molecule has 0 amide bonds. The van der Waals surface area contributed by atoms with Crippen molar-refractivity contribution in [3.8, 4) is 0 Å². The SMILES string of the molecule is O=C(O)CC1CN(Cc2cc(F)c(F)cc2F)S(=O)(=O)c2ccccc21. The molecule has 1 atom stereocenters. The minimum atomic E-state index is -4.03. The quantitative estimate of drug-likeness (QED) is 0.822. The van der Waals surface area contributed by atoms with Crippen LogP contribution in [0.4, 0.5) is 13.2 Å². The highest BCUT2D eigenvalue weighted by Gasteiger charge is 2.37. The fourth-order valence-electron chi connectivity index (χ4n) is 3.04. The molecule has 1 N–H and O–H groups in total. The van der Waals surface area contributed by atoms with Crippen molar-refractivity contribution in [3.63, 3.8) is 0 Å². The van der Waals surface area contributed by atoms with Gasteiger partial charge >= 0.3 is 5.97 Å². The largest absolute Gasteiger partial charge is 0.481 e. The number of fused-ring (bicyclic) bond motifs is 1. The van der Waals surface area contributed by atoms with Crippen LogP contribution in [0.2, 0.25) is 0 Å². The smallest absolute Gasteiger partial charge is 0.304 e. The van der Waals surface area contributed by atoms with E-state index in [-0.39, 0.29) is 23.4 Å². The third-order valence-electron chi connectivity index (χ3n) is 4.26. The topological polar surface area (TPSA) is 74.7 Å². The number of sulfonamides is 1. The molecule has 1 heterocycles. The number of rotatable bonds is 4. The molecule has 26 heavy (non-hydrogen) atoms. The van der Waals surface area contributed by atoms with Gasteiger partial charge in [-0.1, -0.05) is 18.2 Å². The Kier molecular flexibility index (Phi) is 4.76. The first-order chi connectivity index (χ1) is 12.2. The van der Waals surface area contributed by atoms with Crippen LogP contribution >= 0.6 is 0 Å². The Morgan fingerprint density at radius 3 is 2.46 bits per heavy atom. The summed E-state index contributed by atoms with van der Waals surface area (Å²) in [4.78, 5) is 11.1. The van der Waals surface area contributed by atoms with Crippen molar-refractivity contribution in [3.05, 3.63) is 65.0 Å². The molecule has 2 aromatic rings. The number of benzene rings is 2. The highest BCUT2D eigenvalue weighted by molar-refractivity contribution is 7.89. The van der Waals surface area contributed by atoms with E-state index in [0.717, 1.165) is 4.31 Å². The van der Waals surface area contributed by atoms with Gasteiger partial charge in [0.1, 0.15) is 5.82 Å². The summed E-state index contributed by atoms with van der Waals surface area (Å²) >= 11 is 0. The second-order valence-electron chi connectivity index (χ2n) is 5.99. The molecule has 0 bridgehead atoms. The van der Waals surface area contributed by atoms with Gasteiger partial charge < -0.3 is 5.11 Å².